The third-order valence-corrected chi connectivity index (χ3v) is 6.54. The lowest BCUT2D eigenvalue weighted by molar-refractivity contribution is -0.0639. The summed E-state index contributed by atoms with van der Waals surface area (Å²) < 4.78 is 24.6. The van der Waals surface area contributed by atoms with E-state index in [2.05, 4.69) is 4.98 Å². The number of rotatable bonds is 8. The highest BCUT2D eigenvalue weighted by molar-refractivity contribution is 7.71. The zero-order chi connectivity index (χ0) is 28.8. The fourth-order valence-corrected chi connectivity index (χ4v) is 4.46. The second-order valence-corrected chi connectivity index (χ2v) is 9.46. The van der Waals surface area contributed by atoms with Crippen LogP contribution in [0.1, 0.15) is 37.3 Å². The smallest absolute Gasteiger partial charge is 0.338 e. The zero-order valence-corrected chi connectivity index (χ0v) is 22.3. The van der Waals surface area contributed by atoms with Crippen molar-refractivity contribution in [3.05, 3.63) is 135 Å². The van der Waals surface area contributed by atoms with Gasteiger partial charge in [0.05, 0.1) is 16.7 Å². The number of hydrogen-bond donors (Lipinski definition) is 1. The number of aromatic nitrogens is 2. The molecule has 0 unspecified atom stereocenters. The van der Waals surface area contributed by atoms with E-state index in [0.29, 0.717) is 5.56 Å². The van der Waals surface area contributed by atoms with Gasteiger partial charge in [0.15, 0.2) is 18.4 Å². The van der Waals surface area contributed by atoms with Crippen molar-refractivity contribution >= 4 is 30.1 Å². The molecule has 1 aromatic heterocycles. The molecule has 4 aromatic rings. The summed E-state index contributed by atoms with van der Waals surface area (Å²) in [6, 6.07) is 26.2. The average Bonchev–Trinajstić information content (AvgIpc) is 3.33. The fraction of sp³-hybridized carbons (Fsp3) is 0.167. The van der Waals surface area contributed by atoms with Gasteiger partial charge >= 0.3 is 23.6 Å². The predicted octanol–water partition coefficient (Wildman–Crippen LogP) is 4.11. The van der Waals surface area contributed by atoms with Crippen LogP contribution in [0.15, 0.2) is 108 Å². The number of benzene rings is 3. The third-order valence-electron chi connectivity index (χ3n) is 6.30. The molecule has 3 aromatic carbocycles. The molecule has 0 aliphatic carbocycles. The highest BCUT2D eigenvalue weighted by atomic mass is 32.1. The van der Waals surface area contributed by atoms with Crippen LogP contribution in [0.3, 0.4) is 0 Å². The number of nitrogens with one attached hydrogen (secondary N) is 1. The van der Waals surface area contributed by atoms with Crippen molar-refractivity contribution in [3.8, 4) is 0 Å². The van der Waals surface area contributed by atoms with E-state index in [1.54, 1.807) is 91.0 Å². The van der Waals surface area contributed by atoms with Gasteiger partial charge in [-0.15, -0.1) is 0 Å². The second-order valence-electron chi connectivity index (χ2n) is 9.02. The molecule has 41 heavy (non-hydrogen) atoms. The van der Waals surface area contributed by atoms with Crippen LogP contribution in [-0.2, 0) is 18.9 Å². The molecule has 1 aliphatic rings. The summed E-state index contributed by atoms with van der Waals surface area (Å²) in [5.74, 6) is -2.09. The number of hydrogen-bond acceptors (Lipinski definition) is 9. The molecule has 1 N–H and O–H groups in total. The molecule has 208 valence electrons. The van der Waals surface area contributed by atoms with Gasteiger partial charge in [0, 0.05) is 6.20 Å². The molecule has 0 bridgehead atoms. The Labute approximate surface area is 239 Å². The topological polar surface area (TPSA) is 126 Å². The van der Waals surface area contributed by atoms with Crippen molar-refractivity contribution in [1.29, 1.82) is 0 Å². The first-order chi connectivity index (χ1) is 19.9. The van der Waals surface area contributed by atoms with Gasteiger partial charge in [-0.1, -0.05) is 66.8 Å². The van der Waals surface area contributed by atoms with Crippen LogP contribution in [0, 0.1) is 4.64 Å². The SMILES string of the molecule is O=C(OC[C@@H]1O[C@@H](n2ccc(=S)[nH]c2=O)[C@@H](OC(=O)c2ccccc2)[C@H]1OC(=O)c1ccccc1)c1ccccc1. The molecule has 1 saturated heterocycles. The van der Waals surface area contributed by atoms with Crippen molar-refractivity contribution in [2.75, 3.05) is 6.61 Å². The summed E-state index contributed by atoms with van der Waals surface area (Å²) in [5.41, 5.74) is 0.139. The molecule has 0 amide bonds. The van der Waals surface area contributed by atoms with Crippen molar-refractivity contribution < 1.29 is 33.3 Å². The molecule has 5 rings (SSSR count). The van der Waals surface area contributed by atoms with Gasteiger partial charge in [0.1, 0.15) is 17.4 Å². The maximum Gasteiger partial charge on any atom is 0.338 e. The standard InChI is InChI=1S/C30H24N2O8S/c33-27(19-10-4-1-5-11-19)37-18-22-24(39-28(34)20-12-6-2-7-13-20)25(40-29(35)21-14-8-3-9-15-21)26(38-22)32-17-16-23(41)31-30(32)36/h1-17,22,24-26H,18H2,(H,31,36,41)/t22-,24-,25-,26+/m0/s1. The lowest BCUT2D eigenvalue weighted by Crippen LogP contribution is -2.42. The minimum absolute atomic E-state index is 0.183. The maximum atomic E-state index is 13.2. The van der Waals surface area contributed by atoms with Gasteiger partial charge in [-0.05, 0) is 42.5 Å². The number of ether oxygens (including phenoxy) is 4. The number of carbonyl (C=O) groups is 3. The third kappa shape index (κ3) is 6.48. The van der Waals surface area contributed by atoms with E-state index in [1.807, 2.05) is 0 Å². The summed E-state index contributed by atoms with van der Waals surface area (Å²) in [6.07, 6.45) is -3.55. The molecular weight excluding hydrogens is 548 g/mol. The van der Waals surface area contributed by atoms with Gasteiger partial charge in [-0.3, -0.25) is 9.55 Å². The first-order valence-corrected chi connectivity index (χ1v) is 13.0. The lowest BCUT2D eigenvalue weighted by atomic mass is 10.1. The summed E-state index contributed by atoms with van der Waals surface area (Å²) in [7, 11) is 0. The van der Waals surface area contributed by atoms with E-state index in [4.69, 9.17) is 31.2 Å². The molecule has 1 aliphatic heterocycles. The summed E-state index contributed by atoms with van der Waals surface area (Å²) >= 11 is 5.05. The van der Waals surface area contributed by atoms with Crippen LogP contribution >= 0.6 is 12.2 Å². The predicted molar refractivity (Wildman–Crippen MR) is 148 cm³/mol. The van der Waals surface area contributed by atoms with Gasteiger partial charge < -0.3 is 18.9 Å². The van der Waals surface area contributed by atoms with Crippen molar-refractivity contribution in [3.63, 3.8) is 0 Å². The van der Waals surface area contributed by atoms with E-state index in [-0.39, 0.29) is 22.4 Å². The van der Waals surface area contributed by atoms with Crippen molar-refractivity contribution in [2.45, 2.75) is 24.5 Å². The molecule has 11 heteroatoms. The van der Waals surface area contributed by atoms with E-state index in [0.717, 1.165) is 4.57 Å². The monoisotopic (exact) mass is 572 g/mol. The van der Waals surface area contributed by atoms with Gasteiger partial charge in [0.2, 0.25) is 0 Å². The Balaban J connectivity index is 1.50. The summed E-state index contributed by atoms with van der Waals surface area (Å²) in [5, 5.41) is 0. The Morgan fingerprint density at radius 2 is 1.22 bits per heavy atom. The molecule has 10 nitrogen and oxygen atoms in total. The number of nitrogens with zero attached hydrogens (tertiary/aromatic N) is 1. The molecule has 2 heterocycles. The van der Waals surface area contributed by atoms with Crippen LogP contribution < -0.4 is 5.69 Å². The first-order valence-electron chi connectivity index (χ1n) is 12.6. The number of H-pyrrole nitrogens is 1. The number of carbonyl (C=O) groups excluding carboxylic acids is 3. The highest BCUT2D eigenvalue weighted by Gasteiger charge is 2.51. The Kier molecular flexibility index (Phi) is 8.47. The quantitative estimate of drug-likeness (QED) is 0.189. The van der Waals surface area contributed by atoms with Gasteiger partial charge in [-0.2, -0.15) is 0 Å². The number of aromatic amines is 1. The van der Waals surface area contributed by atoms with Crippen LogP contribution in [0.2, 0.25) is 0 Å². The molecule has 0 spiro atoms. The number of esters is 3. The molecule has 1 fully saturated rings. The molecule has 4 atom stereocenters. The van der Waals surface area contributed by atoms with E-state index < -0.39 is 48.1 Å². The van der Waals surface area contributed by atoms with E-state index in [9.17, 15) is 19.2 Å². The second kappa shape index (κ2) is 12.5. The minimum Gasteiger partial charge on any atom is -0.459 e. The van der Waals surface area contributed by atoms with Crippen LogP contribution in [0.25, 0.3) is 0 Å². The zero-order valence-electron chi connectivity index (χ0n) is 21.5. The van der Waals surface area contributed by atoms with Crippen molar-refractivity contribution in [2.24, 2.45) is 0 Å². The Morgan fingerprint density at radius 1 is 0.732 bits per heavy atom. The lowest BCUT2D eigenvalue weighted by Gasteiger charge is -2.25. The molecule has 0 saturated carbocycles. The first kappa shape index (κ1) is 27.7. The normalized spacial score (nSPS) is 19.7. The Bertz CT molecular complexity index is 1640. The summed E-state index contributed by atoms with van der Waals surface area (Å²) in [4.78, 5) is 54.4. The average molecular weight is 573 g/mol. The van der Waals surface area contributed by atoms with Gasteiger partial charge in [0.25, 0.3) is 0 Å². The largest absolute Gasteiger partial charge is 0.459 e. The summed E-state index contributed by atoms with van der Waals surface area (Å²) in [6.45, 7) is -0.367. The van der Waals surface area contributed by atoms with E-state index in [1.165, 1.54) is 12.3 Å². The van der Waals surface area contributed by atoms with Crippen LogP contribution in [0.4, 0.5) is 0 Å². The van der Waals surface area contributed by atoms with E-state index >= 15 is 0 Å². The molecule has 0 radical (unpaired) electrons. The Hall–Kier alpha value is -4.87. The van der Waals surface area contributed by atoms with Crippen molar-refractivity contribution in [1.82, 2.24) is 9.55 Å². The van der Waals surface area contributed by atoms with Crippen LogP contribution in [-0.4, -0.2) is 52.4 Å². The minimum atomic E-state index is -1.31. The fourth-order valence-electron chi connectivity index (χ4n) is 4.31. The Morgan fingerprint density at radius 3 is 1.73 bits per heavy atom. The molecular formula is C30H24N2O8S. The highest BCUT2D eigenvalue weighted by Crippen LogP contribution is 2.34. The van der Waals surface area contributed by atoms with Crippen LogP contribution in [0.5, 0.6) is 0 Å². The van der Waals surface area contributed by atoms with Gasteiger partial charge in [-0.25, -0.2) is 19.2 Å². The maximum absolute atomic E-state index is 13.2.